The number of rotatable bonds is 14. The summed E-state index contributed by atoms with van der Waals surface area (Å²) in [5, 5.41) is 35.5. The first-order chi connectivity index (χ1) is 39.4. The summed E-state index contributed by atoms with van der Waals surface area (Å²) in [6.07, 6.45) is 2.40. The second-order valence-electron chi connectivity index (χ2n) is 18.0. The Bertz CT molecular complexity index is 3300. The molecule has 7 aromatic carbocycles. The van der Waals surface area contributed by atoms with Gasteiger partial charge in [-0.1, -0.05) is 153 Å². The molecule has 0 aliphatic carbocycles. The second-order valence-corrected chi connectivity index (χ2v) is 18.0. The fourth-order valence-corrected chi connectivity index (χ4v) is 7.77. The van der Waals surface area contributed by atoms with Gasteiger partial charge in [0, 0.05) is 17.1 Å². The maximum atomic E-state index is 12.3. The molecule has 0 aromatic heterocycles. The number of aldehydes is 1. The quantitative estimate of drug-likeness (QED) is 0.0205. The fraction of sp³-hybridized carbons (Fsp3) is 0.229. The first kappa shape index (κ1) is 75.3. The largest absolute Gasteiger partial charge is 2.00 e. The molecule has 0 saturated carbocycles. The molecular weight excluding hydrogens is 1130 g/mol. The van der Waals surface area contributed by atoms with Crippen LogP contribution in [0.2, 0.25) is 0 Å². The van der Waals surface area contributed by atoms with E-state index in [9.17, 15) is 34.3 Å². The van der Waals surface area contributed by atoms with Crippen molar-refractivity contribution in [2.24, 2.45) is 0 Å². The number of hydrogen-bond donors (Lipinski definition) is 1. The molecule has 12 nitrogen and oxygen atoms in total. The molecule has 0 heterocycles. The maximum absolute atomic E-state index is 12.3. The average molecular weight is 1200 g/mol. The number of nitrogens with zero attached hydrogens (tertiary/aromatic N) is 3. The van der Waals surface area contributed by atoms with Crippen LogP contribution in [0.25, 0.3) is 11.6 Å². The molecule has 0 spiro atoms. The Kier molecular flexibility index (Phi) is 38.6. The number of benzene rings is 7. The summed E-state index contributed by atoms with van der Waals surface area (Å²) in [7, 11) is 0. The van der Waals surface area contributed by atoms with Crippen LogP contribution >= 0.6 is 0 Å². The zero-order chi connectivity index (χ0) is 60.8. The predicted molar refractivity (Wildman–Crippen MR) is 328 cm³/mol. The molecule has 7 rings (SSSR count). The average Bonchev–Trinajstić information content (AvgIpc) is 3.63. The standard InChI is InChI=1S/C20H19NO2.C17H18O2.C13H13NO2.C8H8O.C7H7.C5H7NO2.BrH.Mg/c1-4-23-20(22)18(13-21)19(16-11-7-5-9-14(16)2)17-12-8-6-10-15(17)3;1-12-7-3-5-9-14(12)16(11-17(18)19)15-10-6-4-8-13(15)2;1-3-16-13(15)12(9-14)8-11-7-5-4-6-10(11)2;1-7-4-2-3-5-8(7)6-9;1-7-5-3-2-4-6-7;1-2-8-5(7)3-4-6;;/h5-12H,4H2,1-3H3;3-10,16H,11H2,1-2H3,(H,18,19);4-8H,3H2,1-2H3;2-6H,1H3;2-5H,1H3;2-3H2,1H3;1H;/q;;;;-1;;;+2/p-1/b;;12-8-;;;;;. The van der Waals surface area contributed by atoms with Crippen molar-refractivity contribution in [3.8, 4) is 18.2 Å². The van der Waals surface area contributed by atoms with Crippen LogP contribution in [0.4, 0.5) is 0 Å². The second kappa shape index (κ2) is 43.0. The van der Waals surface area contributed by atoms with Gasteiger partial charge in [0.05, 0.1) is 32.3 Å². The van der Waals surface area contributed by atoms with Gasteiger partial charge in [0.2, 0.25) is 0 Å². The summed E-state index contributed by atoms with van der Waals surface area (Å²) >= 11 is 0. The molecule has 0 aliphatic rings. The van der Waals surface area contributed by atoms with Gasteiger partial charge in [-0.15, -0.1) is 0 Å². The van der Waals surface area contributed by atoms with E-state index in [0.717, 1.165) is 73.0 Å². The van der Waals surface area contributed by atoms with Gasteiger partial charge in [0.15, 0.2) is 0 Å². The van der Waals surface area contributed by atoms with Crippen LogP contribution in [-0.4, -0.2) is 78.1 Å². The Hall–Kier alpha value is -8.71. The number of halogens is 1. The monoisotopic (exact) mass is 1200 g/mol. The van der Waals surface area contributed by atoms with Gasteiger partial charge in [-0.25, -0.2) is 9.59 Å². The molecule has 0 radical (unpaired) electrons. The van der Waals surface area contributed by atoms with Crippen molar-refractivity contribution in [2.75, 3.05) is 19.8 Å². The molecule has 0 unspecified atom stereocenters. The van der Waals surface area contributed by atoms with E-state index in [1.807, 2.05) is 230 Å². The van der Waals surface area contributed by atoms with Crippen LogP contribution in [0.3, 0.4) is 0 Å². The van der Waals surface area contributed by atoms with E-state index in [-0.39, 0.29) is 83.2 Å². The van der Waals surface area contributed by atoms with Crippen molar-refractivity contribution in [1.29, 1.82) is 15.8 Å². The SMILES string of the molecule is CCOC(=O)/C(C#N)=C\c1ccccc1C.CCOC(=O)C(C#N)=C(c1ccccc1C)c1ccccc1C.CCOC(=O)CC#N.Cc1[c-]cccc1.Cc1ccccc1C(CC(=O)O)c1ccccc1C.Cc1ccccc1C=O.[Br-].[Mg+2]. The minimum Gasteiger partial charge on any atom is -1.00 e. The van der Waals surface area contributed by atoms with Crippen LogP contribution in [0.15, 0.2) is 181 Å². The number of carbonyl (C=O) groups excluding carboxylic acids is 4. The van der Waals surface area contributed by atoms with Crippen LogP contribution in [0, 0.1) is 88.5 Å². The fourth-order valence-electron chi connectivity index (χ4n) is 7.77. The minimum absolute atomic E-state index is 0. The molecule has 0 saturated heterocycles. The van der Waals surface area contributed by atoms with E-state index in [2.05, 4.69) is 10.8 Å². The molecule has 0 atom stereocenters. The third-order valence-corrected chi connectivity index (χ3v) is 12.0. The summed E-state index contributed by atoms with van der Waals surface area (Å²) in [6.45, 7) is 19.9. The zero-order valence-corrected chi connectivity index (χ0v) is 52.6. The first-order valence-corrected chi connectivity index (χ1v) is 26.5. The van der Waals surface area contributed by atoms with E-state index in [1.54, 1.807) is 32.9 Å². The Morgan fingerprint density at radius 2 is 0.952 bits per heavy atom. The molecular formula is C70H72BrMgN3O9. The van der Waals surface area contributed by atoms with Crippen molar-refractivity contribution in [2.45, 2.75) is 88.0 Å². The molecule has 1 N–H and O–H groups in total. The molecule has 430 valence electrons. The zero-order valence-electron chi connectivity index (χ0n) is 49.6. The van der Waals surface area contributed by atoms with Gasteiger partial charge in [-0.05, 0) is 130 Å². The van der Waals surface area contributed by atoms with E-state index in [4.69, 9.17) is 20.0 Å². The Morgan fingerprint density at radius 3 is 1.30 bits per heavy atom. The van der Waals surface area contributed by atoms with Crippen LogP contribution in [-0.2, 0) is 33.4 Å². The predicted octanol–water partition coefficient (Wildman–Crippen LogP) is 11.3. The minimum atomic E-state index is -0.767. The summed E-state index contributed by atoms with van der Waals surface area (Å²) < 4.78 is 14.3. The number of aliphatic carboxylic acids is 1. The van der Waals surface area contributed by atoms with Crippen LogP contribution < -0.4 is 17.0 Å². The van der Waals surface area contributed by atoms with Crippen LogP contribution in [0.1, 0.15) is 117 Å². The number of carboxylic acids is 1. The summed E-state index contributed by atoms with van der Waals surface area (Å²) in [6, 6.07) is 63.0. The molecule has 0 amide bonds. The number of carbonyl (C=O) groups is 5. The van der Waals surface area contributed by atoms with E-state index in [0.29, 0.717) is 12.2 Å². The summed E-state index contributed by atoms with van der Waals surface area (Å²) in [5.41, 5.74) is 13.8. The maximum Gasteiger partial charge on any atom is 2.00 e. The number of esters is 3. The Balaban J connectivity index is 0.00000103. The molecule has 0 fully saturated rings. The normalized spacial score (nSPS) is 9.55. The van der Waals surface area contributed by atoms with Crippen LogP contribution in [0.5, 0.6) is 0 Å². The smallest absolute Gasteiger partial charge is 1.00 e. The molecule has 14 heteroatoms. The summed E-state index contributed by atoms with van der Waals surface area (Å²) in [4.78, 5) is 55.3. The molecule has 0 bridgehead atoms. The van der Waals surface area contributed by atoms with E-state index >= 15 is 0 Å². The van der Waals surface area contributed by atoms with Crippen molar-refractivity contribution >= 4 is 64.9 Å². The summed E-state index contributed by atoms with van der Waals surface area (Å²) in [5.74, 6) is -2.46. The van der Waals surface area contributed by atoms with E-state index in [1.165, 1.54) is 5.56 Å². The number of carboxylic acid groups (broad SMARTS) is 1. The van der Waals surface area contributed by atoms with Gasteiger partial charge in [0.1, 0.15) is 36.0 Å². The number of nitriles is 3. The van der Waals surface area contributed by atoms with Crippen molar-refractivity contribution in [3.63, 3.8) is 0 Å². The van der Waals surface area contributed by atoms with Gasteiger partial charge >= 0.3 is 46.9 Å². The van der Waals surface area contributed by atoms with Crippen molar-refractivity contribution in [3.05, 3.63) is 259 Å². The Labute approximate surface area is 523 Å². The third-order valence-electron chi connectivity index (χ3n) is 12.0. The number of ether oxygens (including phenoxy) is 3. The molecule has 0 aliphatic heterocycles. The van der Waals surface area contributed by atoms with Gasteiger partial charge in [-0.3, -0.25) is 14.4 Å². The van der Waals surface area contributed by atoms with Gasteiger partial charge in [-0.2, -0.15) is 51.7 Å². The number of hydrogen-bond acceptors (Lipinski definition) is 11. The first-order valence-electron chi connectivity index (χ1n) is 26.5. The van der Waals surface area contributed by atoms with Gasteiger partial charge < -0.3 is 36.3 Å². The third kappa shape index (κ3) is 26.9. The topological polar surface area (TPSA) is 205 Å². The molecule has 84 heavy (non-hydrogen) atoms. The van der Waals surface area contributed by atoms with Gasteiger partial charge in [0.25, 0.3) is 0 Å². The van der Waals surface area contributed by atoms with E-state index < -0.39 is 23.9 Å². The van der Waals surface area contributed by atoms with Crippen molar-refractivity contribution < 1.29 is 60.3 Å². The Morgan fingerprint density at radius 1 is 0.536 bits per heavy atom. The number of aryl methyl sites for hydroxylation is 7. The molecule has 7 aromatic rings. The van der Waals surface area contributed by atoms with Crippen molar-refractivity contribution in [1.82, 2.24) is 0 Å².